The zero-order valence-electron chi connectivity index (χ0n) is 19.8. The molecule has 7 heteroatoms. The van der Waals surface area contributed by atoms with Crippen LogP contribution in [0.3, 0.4) is 0 Å². The molecule has 1 saturated heterocycles. The smallest absolute Gasteiger partial charge is 0.262 e. The van der Waals surface area contributed by atoms with Gasteiger partial charge in [-0.1, -0.05) is 18.2 Å². The van der Waals surface area contributed by atoms with E-state index in [1.165, 1.54) is 12.8 Å². The number of hydrogen-bond donors (Lipinski definition) is 1. The van der Waals surface area contributed by atoms with E-state index >= 15 is 0 Å². The minimum atomic E-state index is -0.615. The maximum absolute atomic E-state index is 13.2. The van der Waals surface area contributed by atoms with Gasteiger partial charge in [0, 0.05) is 32.8 Å². The van der Waals surface area contributed by atoms with Crippen molar-refractivity contribution in [3.63, 3.8) is 0 Å². The van der Waals surface area contributed by atoms with Crippen LogP contribution in [0.15, 0.2) is 42.5 Å². The molecule has 1 amide bonds. The Morgan fingerprint density at radius 1 is 1.15 bits per heavy atom. The average Bonchev–Trinajstić information content (AvgIpc) is 3.29. The van der Waals surface area contributed by atoms with Crippen molar-refractivity contribution in [3.8, 4) is 17.2 Å². The predicted octanol–water partition coefficient (Wildman–Crippen LogP) is 3.68. The number of benzene rings is 2. The fourth-order valence-electron chi connectivity index (χ4n) is 4.52. The number of carbonyl (C=O) groups excluding carboxylic acids is 1. The first-order valence-electron chi connectivity index (χ1n) is 12.4. The van der Waals surface area contributed by atoms with E-state index in [4.69, 9.17) is 18.9 Å². The summed E-state index contributed by atoms with van der Waals surface area (Å²) in [5, 5.41) is 3.12. The average molecular weight is 467 g/mol. The van der Waals surface area contributed by atoms with Gasteiger partial charge >= 0.3 is 0 Å². The van der Waals surface area contributed by atoms with Crippen molar-refractivity contribution in [2.45, 2.75) is 51.4 Å². The van der Waals surface area contributed by atoms with Crippen molar-refractivity contribution in [2.24, 2.45) is 5.92 Å². The van der Waals surface area contributed by atoms with Gasteiger partial charge in [0.1, 0.15) is 5.75 Å². The maximum Gasteiger partial charge on any atom is 0.262 e. The molecule has 2 aromatic rings. The van der Waals surface area contributed by atoms with Gasteiger partial charge in [0.2, 0.25) is 6.79 Å². The molecule has 34 heavy (non-hydrogen) atoms. The zero-order chi connectivity index (χ0) is 23.3. The molecule has 182 valence electrons. The van der Waals surface area contributed by atoms with E-state index in [1.807, 2.05) is 43.3 Å². The van der Waals surface area contributed by atoms with Gasteiger partial charge in [0.05, 0.1) is 6.10 Å². The van der Waals surface area contributed by atoms with E-state index in [9.17, 15) is 4.79 Å². The molecule has 0 aromatic heterocycles. The Labute approximate surface area is 201 Å². The second kappa shape index (κ2) is 10.7. The molecule has 0 spiro atoms. The van der Waals surface area contributed by atoms with Gasteiger partial charge < -0.3 is 24.3 Å². The van der Waals surface area contributed by atoms with E-state index in [0.29, 0.717) is 24.8 Å². The molecule has 7 nitrogen and oxygen atoms in total. The molecule has 2 atom stereocenters. The summed E-state index contributed by atoms with van der Waals surface area (Å²) in [6.45, 7) is 5.69. The predicted molar refractivity (Wildman–Crippen MR) is 128 cm³/mol. The number of fused-ring (bicyclic) bond motifs is 1. The van der Waals surface area contributed by atoms with Gasteiger partial charge in [0.15, 0.2) is 17.6 Å². The van der Waals surface area contributed by atoms with Gasteiger partial charge in [-0.15, -0.1) is 0 Å². The second-order valence-corrected chi connectivity index (χ2v) is 9.63. The van der Waals surface area contributed by atoms with E-state index < -0.39 is 6.10 Å². The highest BCUT2D eigenvalue weighted by Crippen LogP contribution is 2.33. The zero-order valence-corrected chi connectivity index (χ0v) is 19.8. The first kappa shape index (κ1) is 23.0. The highest BCUT2D eigenvalue weighted by molar-refractivity contribution is 5.81. The number of ether oxygens (including phenoxy) is 4. The Kier molecular flexibility index (Phi) is 7.21. The summed E-state index contributed by atoms with van der Waals surface area (Å²) in [7, 11) is 0. The van der Waals surface area contributed by atoms with E-state index in [1.54, 1.807) is 0 Å². The fourth-order valence-corrected chi connectivity index (χ4v) is 4.52. The summed E-state index contributed by atoms with van der Waals surface area (Å²) in [4.78, 5) is 15.5. The summed E-state index contributed by atoms with van der Waals surface area (Å²) < 4.78 is 23.2. The van der Waals surface area contributed by atoms with Gasteiger partial charge in [-0.3, -0.25) is 9.69 Å². The van der Waals surface area contributed by atoms with Crippen LogP contribution in [-0.2, 0) is 16.1 Å². The van der Waals surface area contributed by atoms with Crippen LogP contribution in [0.2, 0.25) is 0 Å². The summed E-state index contributed by atoms with van der Waals surface area (Å²) in [6, 6.07) is 13.9. The van der Waals surface area contributed by atoms with Crippen LogP contribution in [0, 0.1) is 12.8 Å². The van der Waals surface area contributed by atoms with Crippen molar-refractivity contribution < 1.29 is 23.7 Å². The first-order valence-corrected chi connectivity index (χ1v) is 12.4. The Morgan fingerprint density at radius 2 is 2.03 bits per heavy atom. The van der Waals surface area contributed by atoms with Crippen LogP contribution in [0.5, 0.6) is 17.2 Å². The highest BCUT2D eigenvalue weighted by Gasteiger charge is 2.29. The third kappa shape index (κ3) is 6.21. The SMILES string of the molecule is Cc1cccc(O[C@H](CN(Cc2ccc3c(c2)OCO3)C[C@@H]2CCCO2)C(=O)NCC2CC2)c1. The maximum atomic E-state index is 13.2. The summed E-state index contributed by atoms with van der Waals surface area (Å²) in [5.41, 5.74) is 2.21. The molecular weight excluding hydrogens is 432 g/mol. The van der Waals surface area contributed by atoms with E-state index in [2.05, 4.69) is 16.3 Å². The molecule has 3 aliphatic rings. The lowest BCUT2D eigenvalue weighted by Gasteiger charge is -2.29. The molecular formula is C27H34N2O5. The third-order valence-corrected chi connectivity index (χ3v) is 6.58. The molecule has 5 rings (SSSR count). The minimum Gasteiger partial charge on any atom is -0.479 e. The van der Waals surface area contributed by atoms with E-state index in [0.717, 1.165) is 55.2 Å². The number of amides is 1. The van der Waals surface area contributed by atoms with Gasteiger partial charge in [0.25, 0.3) is 5.91 Å². The third-order valence-electron chi connectivity index (χ3n) is 6.58. The van der Waals surface area contributed by atoms with Crippen LogP contribution in [0.25, 0.3) is 0 Å². The van der Waals surface area contributed by atoms with Crippen LogP contribution in [-0.4, -0.2) is 56.0 Å². The lowest BCUT2D eigenvalue weighted by molar-refractivity contribution is -0.129. The molecule has 2 fully saturated rings. The molecule has 2 aromatic carbocycles. The topological polar surface area (TPSA) is 69.3 Å². The molecule has 1 saturated carbocycles. The Morgan fingerprint density at radius 3 is 2.82 bits per heavy atom. The molecule has 1 aliphatic carbocycles. The van der Waals surface area contributed by atoms with Crippen molar-refractivity contribution in [3.05, 3.63) is 53.6 Å². The molecule has 0 bridgehead atoms. The van der Waals surface area contributed by atoms with Crippen molar-refractivity contribution in [1.82, 2.24) is 10.2 Å². The van der Waals surface area contributed by atoms with Crippen LogP contribution >= 0.6 is 0 Å². The van der Waals surface area contributed by atoms with Crippen LogP contribution in [0.4, 0.5) is 0 Å². The number of aryl methyl sites for hydroxylation is 1. The van der Waals surface area contributed by atoms with Crippen LogP contribution in [0.1, 0.15) is 36.8 Å². The molecule has 2 heterocycles. The van der Waals surface area contributed by atoms with Gasteiger partial charge in [-0.2, -0.15) is 0 Å². The van der Waals surface area contributed by atoms with Gasteiger partial charge in [-0.05, 0) is 73.9 Å². The fraction of sp³-hybridized carbons (Fsp3) is 0.519. The quantitative estimate of drug-likeness (QED) is 0.545. The van der Waals surface area contributed by atoms with Crippen molar-refractivity contribution >= 4 is 5.91 Å². The first-order chi connectivity index (χ1) is 16.6. The molecule has 0 radical (unpaired) electrons. The van der Waals surface area contributed by atoms with Gasteiger partial charge in [-0.25, -0.2) is 0 Å². The lowest BCUT2D eigenvalue weighted by atomic mass is 10.1. The number of hydrogen-bond acceptors (Lipinski definition) is 6. The normalized spacial score (nSPS) is 19.9. The number of nitrogens with one attached hydrogen (secondary N) is 1. The Balaban J connectivity index is 1.32. The van der Waals surface area contributed by atoms with E-state index in [-0.39, 0.29) is 18.8 Å². The standard InChI is InChI=1S/C27H34N2O5/c1-19-4-2-5-22(12-19)34-26(27(30)28-14-20-7-8-20)17-29(16-23-6-3-11-31-23)15-21-9-10-24-25(13-21)33-18-32-24/h2,4-5,9-10,12-13,20,23,26H,3,6-8,11,14-18H2,1H3,(H,28,30)/t23-,26+/m0/s1. The Hall–Kier alpha value is -2.77. The van der Waals surface area contributed by atoms with Crippen molar-refractivity contribution in [2.75, 3.05) is 33.0 Å². The largest absolute Gasteiger partial charge is 0.479 e. The second-order valence-electron chi connectivity index (χ2n) is 9.63. The number of carbonyl (C=O) groups is 1. The molecule has 1 N–H and O–H groups in total. The summed E-state index contributed by atoms with van der Waals surface area (Å²) >= 11 is 0. The number of nitrogens with zero attached hydrogens (tertiary/aromatic N) is 1. The summed E-state index contributed by atoms with van der Waals surface area (Å²) in [6.07, 6.45) is 4.06. The number of rotatable bonds is 11. The minimum absolute atomic E-state index is 0.0589. The monoisotopic (exact) mass is 466 g/mol. The van der Waals surface area contributed by atoms with Crippen LogP contribution < -0.4 is 19.5 Å². The van der Waals surface area contributed by atoms with Crippen molar-refractivity contribution in [1.29, 1.82) is 0 Å². The summed E-state index contributed by atoms with van der Waals surface area (Å²) in [5.74, 6) is 2.81. The molecule has 0 unspecified atom stereocenters. The lowest BCUT2D eigenvalue weighted by Crippen LogP contribution is -2.47. The molecule has 2 aliphatic heterocycles. The Bertz CT molecular complexity index is 987. The highest BCUT2D eigenvalue weighted by atomic mass is 16.7.